The predicted molar refractivity (Wildman–Crippen MR) is 83.3 cm³/mol. The number of anilines is 1. The van der Waals surface area contributed by atoms with Crippen LogP contribution in [0.2, 0.25) is 0 Å². The lowest BCUT2D eigenvalue weighted by Gasteiger charge is -2.11. The minimum absolute atomic E-state index is 0.317. The topological polar surface area (TPSA) is 29.1 Å². The second-order valence-corrected chi connectivity index (χ2v) is 5.17. The average Bonchev–Trinajstić information content (AvgIpc) is 2.54. The van der Waals surface area contributed by atoms with Crippen LogP contribution in [-0.2, 0) is 6.18 Å². The molecule has 0 aliphatic heterocycles. The summed E-state index contributed by atoms with van der Waals surface area (Å²) in [6, 6.07) is 14.3. The molecule has 0 atom stereocenters. The zero-order chi connectivity index (χ0) is 17.3. The van der Waals surface area contributed by atoms with Crippen molar-refractivity contribution >= 4 is 22.4 Å². The maximum atomic E-state index is 13.9. The van der Waals surface area contributed by atoms with Crippen molar-refractivity contribution < 1.29 is 22.4 Å². The Morgan fingerprint density at radius 1 is 0.917 bits per heavy atom. The molecule has 3 aromatic carbocycles. The zero-order valence-corrected chi connectivity index (χ0v) is 12.2. The van der Waals surface area contributed by atoms with Crippen molar-refractivity contribution in [1.82, 2.24) is 0 Å². The molecule has 0 aromatic heterocycles. The molecule has 6 heteroatoms. The Morgan fingerprint density at radius 3 is 2.33 bits per heavy atom. The first kappa shape index (κ1) is 16.0. The minimum atomic E-state index is -4.66. The van der Waals surface area contributed by atoms with Crippen molar-refractivity contribution in [2.24, 2.45) is 0 Å². The number of nitrogens with one attached hydrogen (secondary N) is 1. The molecule has 0 bridgehead atoms. The van der Waals surface area contributed by atoms with Gasteiger partial charge in [-0.3, -0.25) is 4.79 Å². The quantitative estimate of drug-likeness (QED) is 0.638. The molecule has 2 nitrogen and oxygen atoms in total. The van der Waals surface area contributed by atoms with E-state index in [1.165, 1.54) is 0 Å². The molecule has 1 N–H and O–H groups in total. The summed E-state index contributed by atoms with van der Waals surface area (Å²) in [5.41, 5.74) is -1.13. The van der Waals surface area contributed by atoms with Crippen molar-refractivity contribution in [2.75, 3.05) is 5.32 Å². The Labute approximate surface area is 134 Å². The zero-order valence-electron chi connectivity index (χ0n) is 12.2. The third-order valence-corrected chi connectivity index (χ3v) is 3.58. The van der Waals surface area contributed by atoms with Gasteiger partial charge in [0.05, 0.1) is 11.1 Å². The standard InChI is InChI=1S/C18H11F4NO/c19-15-10-12(18(20,21)22)8-9-14(15)17(24)23-16-7-3-5-11-4-1-2-6-13(11)16/h1-10H,(H,23,24). The van der Waals surface area contributed by atoms with Crippen LogP contribution >= 0.6 is 0 Å². The van der Waals surface area contributed by atoms with Gasteiger partial charge in [0.25, 0.3) is 5.91 Å². The van der Waals surface area contributed by atoms with Gasteiger partial charge in [-0.05, 0) is 29.7 Å². The van der Waals surface area contributed by atoms with Crippen LogP contribution in [0.1, 0.15) is 15.9 Å². The van der Waals surface area contributed by atoms with Crippen LogP contribution < -0.4 is 5.32 Å². The lowest BCUT2D eigenvalue weighted by molar-refractivity contribution is -0.137. The number of carbonyl (C=O) groups excluding carboxylic acids is 1. The SMILES string of the molecule is O=C(Nc1cccc2ccccc12)c1ccc(C(F)(F)F)cc1F. The fourth-order valence-corrected chi connectivity index (χ4v) is 2.40. The first-order valence-electron chi connectivity index (χ1n) is 7.02. The number of carbonyl (C=O) groups is 1. The summed E-state index contributed by atoms with van der Waals surface area (Å²) < 4.78 is 51.6. The Balaban J connectivity index is 1.92. The molecule has 3 rings (SSSR count). The molecule has 0 fully saturated rings. The first-order chi connectivity index (χ1) is 11.4. The minimum Gasteiger partial charge on any atom is -0.321 e. The lowest BCUT2D eigenvalue weighted by atomic mass is 10.1. The van der Waals surface area contributed by atoms with Crippen molar-refractivity contribution in [1.29, 1.82) is 0 Å². The van der Waals surface area contributed by atoms with E-state index in [4.69, 9.17) is 0 Å². The van der Waals surface area contributed by atoms with E-state index in [0.29, 0.717) is 17.8 Å². The van der Waals surface area contributed by atoms with E-state index in [2.05, 4.69) is 5.32 Å². The Morgan fingerprint density at radius 2 is 1.62 bits per heavy atom. The van der Waals surface area contributed by atoms with E-state index in [-0.39, 0.29) is 0 Å². The number of alkyl halides is 3. The van der Waals surface area contributed by atoms with Gasteiger partial charge in [0, 0.05) is 11.1 Å². The highest BCUT2D eigenvalue weighted by Crippen LogP contribution is 2.30. The predicted octanol–water partition coefficient (Wildman–Crippen LogP) is 5.25. The molecule has 122 valence electrons. The fourth-order valence-electron chi connectivity index (χ4n) is 2.40. The van der Waals surface area contributed by atoms with E-state index < -0.39 is 29.0 Å². The van der Waals surface area contributed by atoms with Gasteiger partial charge < -0.3 is 5.32 Å². The average molecular weight is 333 g/mol. The van der Waals surface area contributed by atoms with Crippen LogP contribution in [0, 0.1) is 5.82 Å². The number of rotatable bonds is 2. The van der Waals surface area contributed by atoms with Gasteiger partial charge in [0.2, 0.25) is 0 Å². The summed E-state index contributed by atoms with van der Waals surface area (Å²) in [6.07, 6.45) is -4.66. The highest BCUT2D eigenvalue weighted by molar-refractivity contribution is 6.09. The van der Waals surface area contributed by atoms with Crippen LogP contribution in [-0.4, -0.2) is 5.91 Å². The molecule has 0 saturated heterocycles. The number of fused-ring (bicyclic) bond motifs is 1. The summed E-state index contributed by atoms with van der Waals surface area (Å²) in [7, 11) is 0. The van der Waals surface area contributed by atoms with Crippen LogP contribution in [0.4, 0.5) is 23.2 Å². The molecule has 0 spiro atoms. The van der Waals surface area contributed by atoms with Crippen LogP contribution in [0.15, 0.2) is 60.7 Å². The van der Waals surface area contributed by atoms with Gasteiger partial charge in [-0.2, -0.15) is 13.2 Å². The smallest absolute Gasteiger partial charge is 0.321 e. The maximum absolute atomic E-state index is 13.9. The Bertz CT molecular complexity index is 913. The van der Waals surface area contributed by atoms with Gasteiger partial charge in [-0.1, -0.05) is 36.4 Å². The normalized spacial score (nSPS) is 11.5. The van der Waals surface area contributed by atoms with Crippen molar-refractivity contribution in [2.45, 2.75) is 6.18 Å². The van der Waals surface area contributed by atoms with Crippen molar-refractivity contribution in [3.8, 4) is 0 Å². The van der Waals surface area contributed by atoms with Crippen LogP contribution in [0.25, 0.3) is 10.8 Å². The van der Waals surface area contributed by atoms with E-state index in [0.717, 1.165) is 16.8 Å². The summed E-state index contributed by atoms with van der Waals surface area (Å²) in [4.78, 5) is 12.2. The van der Waals surface area contributed by atoms with E-state index in [1.54, 1.807) is 24.3 Å². The fraction of sp³-hybridized carbons (Fsp3) is 0.0556. The summed E-state index contributed by atoms with van der Waals surface area (Å²) in [5.74, 6) is -2.03. The van der Waals surface area contributed by atoms with Gasteiger partial charge in [0.1, 0.15) is 5.82 Å². The molecule has 24 heavy (non-hydrogen) atoms. The second-order valence-electron chi connectivity index (χ2n) is 5.17. The molecule has 0 aliphatic rings. The first-order valence-corrected chi connectivity index (χ1v) is 7.02. The number of amides is 1. The summed E-state index contributed by atoms with van der Waals surface area (Å²) in [6.45, 7) is 0. The maximum Gasteiger partial charge on any atom is 0.416 e. The molecule has 3 aromatic rings. The molecule has 0 aliphatic carbocycles. The van der Waals surface area contributed by atoms with Crippen molar-refractivity contribution in [3.63, 3.8) is 0 Å². The van der Waals surface area contributed by atoms with Gasteiger partial charge in [-0.25, -0.2) is 4.39 Å². The molecular weight excluding hydrogens is 322 g/mol. The van der Waals surface area contributed by atoms with Gasteiger partial charge >= 0.3 is 6.18 Å². The van der Waals surface area contributed by atoms with Crippen molar-refractivity contribution in [3.05, 3.63) is 77.6 Å². The number of benzene rings is 3. The Hall–Kier alpha value is -2.89. The van der Waals surface area contributed by atoms with E-state index >= 15 is 0 Å². The van der Waals surface area contributed by atoms with Crippen LogP contribution in [0.5, 0.6) is 0 Å². The number of halogens is 4. The summed E-state index contributed by atoms with van der Waals surface area (Å²) >= 11 is 0. The summed E-state index contributed by atoms with van der Waals surface area (Å²) in [5, 5.41) is 4.17. The Kier molecular flexibility index (Phi) is 3.97. The lowest BCUT2D eigenvalue weighted by Crippen LogP contribution is -2.15. The third-order valence-electron chi connectivity index (χ3n) is 3.58. The molecule has 0 unspecified atom stereocenters. The highest BCUT2D eigenvalue weighted by Gasteiger charge is 2.31. The molecular formula is C18H11F4NO. The number of hydrogen-bond donors (Lipinski definition) is 1. The molecule has 0 saturated carbocycles. The van der Waals surface area contributed by atoms with E-state index in [1.807, 2.05) is 18.2 Å². The van der Waals surface area contributed by atoms with Gasteiger partial charge in [0.15, 0.2) is 0 Å². The molecule has 1 amide bonds. The highest BCUT2D eigenvalue weighted by atomic mass is 19.4. The van der Waals surface area contributed by atoms with Gasteiger partial charge in [-0.15, -0.1) is 0 Å². The van der Waals surface area contributed by atoms with E-state index in [9.17, 15) is 22.4 Å². The number of hydrogen-bond acceptors (Lipinski definition) is 1. The molecule has 0 radical (unpaired) electrons. The second kappa shape index (κ2) is 5.96. The largest absolute Gasteiger partial charge is 0.416 e. The monoisotopic (exact) mass is 333 g/mol. The third kappa shape index (κ3) is 3.08. The molecule has 0 heterocycles. The van der Waals surface area contributed by atoms with Crippen LogP contribution in [0.3, 0.4) is 0 Å².